The number of para-hydroxylation sites is 1. The lowest BCUT2D eigenvalue weighted by atomic mass is 10.1. The topological polar surface area (TPSA) is 65.2 Å². The zero-order valence-corrected chi connectivity index (χ0v) is 13.8. The van der Waals surface area contributed by atoms with Crippen LogP contribution in [0.25, 0.3) is 10.9 Å². The molecule has 1 aromatic carbocycles. The molecule has 0 saturated heterocycles. The Morgan fingerprint density at radius 1 is 1.12 bits per heavy atom. The van der Waals surface area contributed by atoms with Crippen molar-refractivity contribution in [2.45, 2.75) is 57.2 Å². The molecule has 126 valence electrons. The predicted octanol–water partition coefficient (Wildman–Crippen LogP) is 3.14. The number of nitrogens with one attached hydrogen (secondary N) is 2. The third-order valence-electron chi connectivity index (χ3n) is 5.16. The fraction of sp³-hybridized carbons (Fsp3) is 0.474. The normalized spacial score (nSPS) is 18.0. The third kappa shape index (κ3) is 3.03. The number of carbonyl (C=O) groups is 1. The van der Waals surface area contributed by atoms with Gasteiger partial charge in [0.2, 0.25) is 5.56 Å². The number of carbonyl (C=O) groups excluding carboxylic acids is 1. The van der Waals surface area contributed by atoms with Crippen molar-refractivity contribution in [2.75, 3.05) is 0 Å². The van der Waals surface area contributed by atoms with Crippen LogP contribution in [-0.2, 0) is 6.54 Å². The summed E-state index contributed by atoms with van der Waals surface area (Å²) in [6.07, 6.45) is 6.94. The number of hydrogen-bond acceptors (Lipinski definition) is 2. The molecule has 0 aliphatic heterocycles. The molecule has 0 unspecified atom stereocenters. The van der Waals surface area contributed by atoms with Crippen LogP contribution >= 0.6 is 0 Å². The molecule has 0 bridgehead atoms. The molecule has 5 nitrogen and oxygen atoms in total. The zero-order chi connectivity index (χ0) is 16.5. The van der Waals surface area contributed by atoms with Crippen molar-refractivity contribution in [3.05, 3.63) is 46.2 Å². The number of nitrogens with zero attached hydrogens (tertiary/aromatic N) is 1. The molecule has 1 heterocycles. The van der Waals surface area contributed by atoms with E-state index >= 15 is 0 Å². The fourth-order valence-corrected chi connectivity index (χ4v) is 3.85. The average molecular weight is 325 g/mol. The summed E-state index contributed by atoms with van der Waals surface area (Å²) in [7, 11) is 0. The minimum Gasteiger partial charge on any atom is -0.334 e. The summed E-state index contributed by atoms with van der Waals surface area (Å²) < 4.78 is 0. The molecular weight excluding hydrogens is 302 g/mol. The molecule has 1 aromatic heterocycles. The van der Waals surface area contributed by atoms with Crippen molar-refractivity contribution in [3.8, 4) is 0 Å². The van der Waals surface area contributed by atoms with Crippen molar-refractivity contribution in [1.29, 1.82) is 0 Å². The fourth-order valence-electron chi connectivity index (χ4n) is 3.85. The summed E-state index contributed by atoms with van der Waals surface area (Å²) >= 11 is 0. The Morgan fingerprint density at radius 2 is 1.83 bits per heavy atom. The number of urea groups is 1. The van der Waals surface area contributed by atoms with E-state index < -0.39 is 0 Å². The van der Waals surface area contributed by atoms with Crippen LogP contribution in [0.15, 0.2) is 35.1 Å². The second-order valence-electron chi connectivity index (χ2n) is 6.94. The SMILES string of the molecule is O=C(NCc1cc(=O)[nH]c2ccccc12)N(C1CCCC1)C1CC1. The highest BCUT2D eigenvalue weighted by Crippen LogP contribution is 2.34. The van der Waals surface area contributed by atoms with E-state index in [4.69, 9.17) is 0 Å². The molecular formula is C19H23N3O2. The third-order valence-corrected chi connectivity index (χ3v) is 5.16. The first kappa shape index (κ1) is 15.2. The van der Waals surface area contributed by atoms with Crippen LogP contribution in [0.3, 0.4) is 0 Å². The molecule has 5 heteroatoms. The summed E-state index contributed by atoms with van der Waals surface area (Å²) in [6, 6.07) is 10.1. The van der Waals surface area contributed by atoms with E-state index in [1.54, 1.807) is 6.07 Å². The molecule has 24 heavy (non-hydrogen) atoms. The molecule has 0 spiro atoms. The minimum absolute atomic E-state index is 0.0220. The van der Waals surface area contributed by atoms with Crippen molar-refractivity contribution in [1.82, 2.24) is 15.2 Å². The Morgan fingerprint density at radius 3 is 2.58 bits per heavy atom. The molecule has 4 rings (SSSR count). The molecule has 2 saturated carbocycles. The van der Waals surface area contributed by atoms with Crippen molar-refractivity contribution in [3.63, 3.8) is 0 Å². The Hall–Kier alpha value is -2.30. The molecule has 0 atom stereocenters. The maximum Gasteiger partial charge on any atom is 0.318 e. The van der Waals surface area contributed by atoms with Gasteiger partial charge in [0.25, 0.3) is 0 Å². The van der Waals surface area contributed by atoms with E-state index in [0.717, 1.165) is 42.1 Å². The summed E-state index contributed by atoms with van der Waals surface area (Å²) in [5.74, 6) is 0. The number of aromatic amines is 1. The second-order valence-corrected chi connectivity index (χ2v) is 6.94. The van der Waals surface area contributed by atoms with E-state index in [9.17, 15) is 9.59 Å². The molecule has 2 amide bonds. The average Bonchev–Trinajstić information content (AvgIpc) is 3.26. The molecule has 2 fully saturated rings. The molecule has 2 aromatic rings. The highest BCUT2D eigenvalue weighted by Gasteiger charge is 2.38. The van der Waals surface area contributed by atoms with Gasteiger partial charge in [-0.15, -0.1) is 0 Å². The van der Waals surface area contributed by atoms with Crippen LogP contribution in [0.2, 0.25) is 0 Å². The van der Waals surface area contributed by atoms with E-state index in [-0.39, 0.29) is 11.6 Å². The van der Waals surface area contributed by atoms with Gasteiger partial charge < -0.3 is 15.2 Å². The van der Waals surface area contributed by atoms with E-state index in [1.165, 1.54) is 12.8 Å². The smallest absolute Gasteiger partial charge is 0.318 e. The van der Waals surface area contributed by atoms with Crippen LogP contribution in [-0.4, -0.2) is 28.0 Å². The maximum absolute atomic E-state index is 12.7. The first-order chi connectivity index (χ1) is 11.7. The van der Waals surface area contributed by atoms with Gasteiger partial charge in [-0.3, -0.25) is 4.79 Å². The highest BCUT2D eigenvalue weighted by molar-refractivity contribution is 5.82. The molecule has 2 aliphatic rings. The van der Waals surface area contributed by atoms with Gasteiger partial charge in [-0.05, 0) is 37.3 Å². The predicted molar refractivity (Wildman–Crippen MR) is 93.9 cm³/mol. The molecule has 2 N–H and O–H groups in total. The highest BCUT2D eigenvalue weighted by atomic mass is 16.2. The van der Waals surface area contributed by atoms with Gasteiger partial charge in [-0.25, -0.2) is 4.79 Å². The number of amides is 2. The first-order valence-corrected chi connectivity index (χ1v) is 8.89. The largest absolute Gasteiger partial charge is 0.334 e. The molecule has 0 radical (unpaired) electrons. The van der Waals surface area contributed by atoms with Crippen LogP contribution in [0.4, 0.5) is 4.79 Å². The number of pyridine rings is 1. The lowest BCUT2D eigenvalue weighted by Crippen LogP contribution is -2.46. The number of benzene rings is 1. The first-order valence-electron chi connectivity index (χ1n) is 8.89. The van der Waals surface area contributed by atoms with Crippen molar-refractivity contribution >= 4 is 16.9 Å². The van der Waals surface area contributed by atoms with E-state index in [0.29, 0.717) is 18.6 Å². The Bertz CT molecular complexity index is 804. The van der Waals surface area contributed by atoms with E-state index in [1.807, 2.05) is 24.3 Å². The van der Waals surface area contributed by atoms with Gasteiger partial charge >= 0.3 is 6.03 Å². The zero-order valence-electron chi connectivity index (χ0n) is 13.8. The number of aromatic nitrogens is 1. The van der Waals surface area contributed by atoms with Crippen LogP contribution in [0.1, 0.15) is 44.1 Å². The Kier molecular flexibility index (Phi) is 4.00. The van der Waals surface area contributed by atoms with Crippen molar-refractivity contribution in [2.24, 2.45) is 0 Å². The second kappa shape index (κ2) is 6.30. The van der Waals surface area contributed by atoms with E-state index in [2.05, 4.69) is 15.2 Å². The van der Waals surface area contributed by atoms with Gasteiger partial charge in [0.1, 0.15) is 0 Å². The Labute approximate surface area is 141 Å². The monoisotopic (exact) mass is 325 g/mol. The number of fused-ring (bicyclic) bond motifs is 1. The summed E-state index contributed by atoms with van der Waals surface area (Å²) in [5.41, 5.74) is 1.54. The lowest BCUT2D eigenvalue weighted by molar-refractivity contribution is 0.170. The van der Waals surface area contributed by atoms with Gasteiger partial charge in [-0.1, -0.05) is 31.0 Å². The number of H-pyrrole nitrogens is 1. The summed E-state index contributed by atoms with van der Waals surface area (Å²) in [6.45, 7) is 0.388. The van der Waals surface area contributed by atoms with Gasteiger partial charge in [0, 0.05) is 35.6 Å². The summed E-state index contributed by atoms with van der Waals surface area (Å²) in [4.78, 5) is 29.5. The van der Waals surface area contributed by atoms with Gasteiger partial charge in [0.15, 0.2) is 0 Å². The number of hydrogen-bond donors (Lipinski definition) is 2. The quantitative estimate of drug-likeness (QED) is 0.907. The molecule has 2 aliphatic carbocycles. The Balaban J connectivity index is 1.51. The van der Waals surface area contributed by atoms with Crippen molar-refractivity contribution < 1.29 is 4.79 Å². The minimum atomic E-state index is -0.132. The number of rotatable bonds is 4. The van der Waals surface area contributed by atoms with Crippen LogP contribution in [0, 0.1) is 0 Å². The van der Waals surface area contributed by atoms with Crippen LogP contribution < -0.4 is 10.9 Å². The lowest BCUT2D eigenvalue weighted by Gasteiger charge is -2.29. The van der Waals surface area contributed by atoms with Crippen LogP contribution in [0.5, 0.6) is 0 Å². The van der Waals surface area contributed by atoms with Gasteiger partial charge in [-0.2, -0.15) is 0 Å². The standard InChI is InChI=1S/C19H23N3O2/c23-18-11-13(16-7-3-4-8-17(16)21-18)12-20-19(24)22(15-9-10-15)14-5-1-2-6-14/h3-4,7-8,11,14-15H,1-2,5-6,9-10,12H2,(H,20,24)(H,21,23). The van der Waals surface area contributed by atoms with Gasteiger partial charge in [0.05, 0.1) is 0 Å². The maximum atomic E-state index is 12.7. The summed E-state index contributed by atoms with van der Waals surface area (Å²) in [5, 5.41) is 4.03.